The van der Waals surface area contributed by atoms with Gasteiger partial charge in [0.2, 0.25) is 5.91 Å². The Labute approximate surface area is 218 Å². The van der Waals surface area contributed by atoms with E-state index in [1.165, 1.54) is 5.56 Å². The van der Waals surface area contributed by atoms with Gasteiger partial charge in [0.1, 0.15) is 0 Å². The summed E-state index contributed by atoms with van der Waals surface area (Å²) in [4.78, 5) is 27.5. The molecule has 1 aliphatic heterocycles. The average molecular weight is 501 g/mol. The maximum Gasteiger partial charge on any atom is 0.253 e. The molecule has 0 bridgehead atoms. The fourth-order valence-corrected chi connectivity index (χ4v) is 5.58. The van der Waals surface area contributed by atoms with Crippen LogP contribution in [0.2, 0.25) is 0 Å². The molecule has 37 heavy (non-hydrogen) atoms. The van der Waals surface area contributed by atoms with Gasteiger partial charge < -0.3 is 20.4 Å². The molecule has 3 N–H and O–H groups in total. The summed E-state index contributed by atoms with van der Waals surface area (Å²) >= 11 is 0. The van der Waals surface area contributed by atoms with Crippen LogP contribution in [0.1, 0.15) is 50.4 Å². The van der Waals surface area contributed by atoms with Gasteiger partial charge in [-0.25, -0.2) is 0 Å². The number of carbonyl (C=O) groups excluding carboxylic acids is 2. The number of nitrogens with two attached hydrogens (primary N) is 1. The highest BCUT2D eigenvalue weighted by atomic mass is 16.5. The second-order valence-corrected chi connectivity index (χ2v) is 10.1. The van der Waals surface area contributed by atoms with Gasteiger partial charge in [0.05, 0.1) is 18.8 Å². The first-order chi connectivity index (χ1) is 18.0. The van der Waals surface area contributed by atoms with Crippen molar-refractivity contribution < 1.29 is 14.3 Å². The third-order valence-corrected chi connectivity index (χ3v) is 7.69. The predicted octanol–water partition coefficient (Wildman–Crippen LogP) is 3.57. The third kappa shape index (κ3) is 5.78. The normalized spacial score (nSPS) is 17.8. The smallest absolute Gasteiger partial charge is 0.253 e. The summed E-state index contributed by atoms with van der Waals surface area (Å²) in [5.74, 6) is -0.429. The Kier molecular flexibility index (Phi) is 7.72. The molecule has 1 atom stereocenters. The van der Waals surface area contributed by atoms with Gasteiger partial charge in [-0.15, -0.1) is 0 Å². The van der Waals surface area contributed by atoms with E-state index in [0.717, 1.165) is 93.2 Å². The Balaban J connectivity index is 1.31. The van der Waals surface area contributed by atoms with Crippen LogP contribution in [0.25, 0.3) is 11.3 Å². The molecule has 1 fully saturated rings. The summed E-state index contributed by atoms with van der Waals surface area (Å²) < 4.78 is 7.77. The highest BCUT2D eigenvalue weighted by molar-refractivity contribution is 5.97. The molecule has 3 aromatic rings. The lowest BCUT2D eigenvalue weighted by Gasteiger charge is -2.27. The van der Waals surface area contributed by atoms with Crippen molar-refractivity contribution >= 4 is 11.8 Å². The van der Waals surface area contributed by atoms with E-state index in [1.54, 1.807) is 6.07 Å². The molecule has 2 heterocycles. The zero-order valence-corrected chi connectivity index (χ0v) is 21.5. The fraction of sp³-hybridized carbons (Fsp3) is 0.400. The number of morpholine rings is 1. The van der Waals surface area contributed by atoms with Gasteiger partial charge in [-0.3, -0.25) is 14.5 Å². The number of benzene rings is 2. The Morgan fingerprint density at radius 3 is 2.57 bits per heavy atom. The molecule has 0 saturated carbocycles. The van der Waals surface area contributed by atoms with Crippen LogP contribution in [0.15, 0.2) is 54.6 Å². The van der Waals surface area contributed by atoms with Gasteiger partial charge >= 0.3 is 0 Å². The Morgan fingerprint density at radius 1 is 1.03 bits per heavy atom. The second-order valence-electron chi connectivity index (χ2n) is 10.1. The number of hydrogen-bond donors (Lipinski definition) is 2. The molecule has 2 amide bonds. The van der Waals surface area contributed by atoms with E-state index in [-0.39, 0.29) is 11.9 Å². The number of hydrogen-bond acceptors (Lipinski definition) is 4. The molecule has 7 nitrogen and oxygen atoms in total. The molecule has 2 aliphatic rings. The molecule has 0 spiro atoms. The molecule has 194 valence electrons. The maximum absolute atomic E-state index is 13.5. The number of rotatable bonds is 8. The van der Waals surface area contributed by atoms with Crippen molar-refractivity contribution in [2.75, 3.05) is 32.8 Å². The summed E-state index contributed by atoms with van der Waals surface area (Å²) in [6, 6.07) is 18.0. The number of amides is 2. The highest BCUT2D eigenvalue weighted by Gasteiger charge is 2.24. The van der Waals surface area contributed by atoms with Gasteiger partial charge in [0, 0.05) is 49.2 Å². The van der Waals surface area contributed by atoms with E-state index >= 15 is 0 Å². The van der Waals surface area contributed by atoms with Crippen molar-refractivity contribution in [3.8, 4) is 11.3 Å². The van der Waals surface area contributed by atoms with E-state index in [9.17, 15) is 9.59 Å². The minimum Gasteiger partial charge on any atom is -0.379 e. The van der Waals surface area contributed by atoms with E-state index in [2.05, 4.69) is 33.8 Å². The lowest BCUT2D eigenvalue weighted by Crippen LogP contribution is -2.39. The van der Waals surface area contributed by atoms with Crippen LogP contribution in [0.5, 0.6) is 0 Å². The van der Waals surface area contributed by atoms with Gasteiger partial charge in [0.15, 0.2) is 0 Å². The van der Waals surface area contributed by atoms with Crippen molar-refractivity contribution in [2.45, 2.75) is 45.2 Å². The first kappa shape index (κ1) is 25.2. The van der Waals surface area contributed by atoms with Crippen LogP contribution in [0, 0.1) is 6.92 Å². The lowest BCUT2D eigenvalue weighted by molar-refractivity contribution is 0.0369. The molecule has 5 rings (SSSR count). The van der Waals surface area contributed by atoms with E-state index < -0.39 is 5.91 Å². The molecular weight excluding hydrogens is 464 g/mol. The molecular formula is C30H36N4O3. The quantitative estimate of drug-likeness (QED) is 0.495. The van der Waals surface area contributed by atoms with Crippen LogP contribution >= 0.6 is 0 Å². The van der Waals surface area contributed by atoms with Gasteiger partial charge in [-0.1, -0.05) is 36.4 Å². The van der Waals surface area contributed by atoms with Crippen LogP contribution in [0.4, 0.5) is 0 Å². The number of aromatic nitrogens is 1. The molecule has 1 unspecified atom stereocenters. The zero-order chi connectivity index (χ0) is 25.8. The van der Waals surface area contributed by atoms with Gasteiger partial charge in [-0.05, 0) is 67.5 Å². The third-order valence-electron chi connectivity index (χ3n) is 7.69. The summed E-state index contributed by atoms with van der Waals surface area (Å²) in [6.45, 7) is 7.52. The van der Waals surface area contributed by atoms with Crippen LogP contribution in [-0.4, -0.2) is 60.2 Å². The molecule has 1 aromatic heterocycles. The molecule has 2 aromatic carbocycles. The number of carbonyl (C=O) groups is 2. The average Bonchev–Trinajstić information content (AvgIpc) is 3.25. The van der Waals surface area contributed by atoms with E-state index in [1.807, 2.05) is 36.4 Å². The molecule has 0 radical (unpaired) electrons. The van der Waals surface area contributed by atoms with Crippen molar-refractivity contribution in [1.82, 2.24) is 14.8 Å². The van der Waals surface area contributed by atoms with Crippen molar-refractivity contribution in [2.24, 2.45) is 5.73 Å². The number of fused-ring (bicyclic) bond motifs is 1. The number of aryl methyl sites for hydroxylation is 1. The summed E-state index contributed by atoms with van der Waals surface area (Å²) in [7, 11) is 0. The molecule has 7 heteroatoms. The minimum absolute atomic E-state index is 0.0242. The molecule has 1 aliphatic carbocycles. The standard InChI is InChI=1S/C30H36N4O3/c1-21-27(30(36)32-26-11-10-23-18-25(29(31)35)9-8-24(23)19-26)20-28(22-6-3-2-4-7-22)34(21)13-5-12-33-14-16-37-17-15-33/h2-4,6-9,18,20,26H,5,10-17,19H2,1H3,(H2,31,35)(H,32,36). The second kappa shape index (κ2) is 11.3. The number of ether oxygens (including phenoxy) is 1. The summed E-state index contributed by atoms with van der Waals surface area (Å²) in [5, 5.41) is 3.29. The largest absolute Gasteiger partial charge is 0.379 e. The first-order valence-corrected chi connectivity index (χ1v) is 13.3. The van der Waals surface area contributed by atoms with Crippen LogP contribution in [0.3, 0.4) is 0 Å². The van der Waals surface area contributed by atoms with Crippen molar-refractivity contribution in [3.05, 3.63) is 82.5 Å². The van der Waals surface area contributed by atoms with Crippen molar-refractivity contribution in [1.29, 1.82) is 0 Å². The minimum atomic E-state index is -0.405. The lowest BCUT2D eigenvalue weighted by atomic mass is 9.87. The predicted molar refractivity (Wildman–Crippen MR) is 145 cm³/mol. The van der Waals surface area contributed by atoms with Crippen molar-refractivity contribution in [3.63, 3.8) is 0 Å². The topological polar surface area (TPSA) is 89.6 Å². The van der Waals surface area contributed by atoms with Crippen LogP contribution < -0.4 is 11.1 Å². The number of primary amides is 1. The number of nitrogens with one attached hydrogen (secondary N) is 1. The molecule has 1 saturated heterocycles. The SMILES string of the molecule is Cc1c(C(=O)NC2CCc3cc(C(N)=O)ccc3C2)cc(-c2ccccc2)n1CCCN1CCOCC1. The first-order valence-electron chi connectivity index (χ1n) is 13.3. The fourth-order valence-electron chi connectivity index (χ4n) is 5.58. The summed E-state index contributed by atoms with van der Waals surface area (Å²) in [5.41, 5.74) is 12.2. The van der Waals surface area contributed by atoms with Crippen LogP contribution in [-0.2, 0) is 24.1 Å². The van der Waals surface area contributed by atoms with Gasteiger partial charge in [0.25, 0.3) is 5.91 Å². The zero-order valence-electron chi connectivity index (χ0n) is 21.5. The number of nitrogens with zero attached hydrogens (tertiary/aromatic N) is 2. The Morgan fingerprint density at radius 2 is 1.81 bits per heavy atom. The highest BCUT2D eigenvalue weighted by Crippen LogP contribution is 2.28. The Bertz CT molecular complexity index is 1260. The summed E-state index contributed by atoms with van der Waals surface area (Å²) in [6.07, 6.45) is 3.43. The Hall–Kier alpha value is -3.42. The van der Waals surface area contributed by atoms with E-state index in [4.69, 9.17) is 10.5 Å². The van der Waals surface area contributed by atoms with Gasteiger partial charge in [-0.2, -0.15) is 0 Å². The monoisotopic (exact) mass is 500 g/mol. The maximum atomic E-state index is 13.5. The van der Waals surface area contributed by atoms with E-state index in [0.29, 0.717) is 5.56 Å².